The molecule has 6 heteroatoms. The van der Waals surface area contributed by atoms with Crippen molar-refractivity contribution in [3.8, 4) is 6.07 Å². The number of aromatic nitrogens is 3. The summed E-state index contributed by atoms with van der Waals surface area (Å²) in [6, 6.07) is 7.26. The predicted molar refractivity (Wildman–Crippen MR) is 67.0 cm³/mol. The highest BCUT2D eigenvalue weighted by Crippen LogP contribution is 2.32. The molecule has 0 amide bonds. The molecule has 0 unspecified atom stereocenters. The Morgan fingerprint density at radius 3 is 2.83 bits per heavy atom. The van der Waals surface area contributed by atoms with Gasteiger partial charge in [0.2, 0.25) is 5.16 Å². The van der Waals surface area contributed by atoms with E-state index >= 15 is 0 Å². The highest BCUT2D eigenvalue weighted by molar-refractivity contribution is 7.99. The van der Waals surface area contributed by atoms with Crippen LogP contribution in [0.25, 0.3) is 0 Å². The van der Waals surface area contributed by atoms with Crippen LogP contribution in [0.15, 0.2) is 28.3 Å². The van der Waals surface area contributed by atoms with Crippen LogP contribution in [-0.4, -0.2) is 20.3 Å². The maximum atomic E-state index is 9.71. The second-order valence-corrected chi connectivity index (χ2v) is 4.85. The summed E-state index contributed by atoms with van der Waals surface area (Å²) >= 11 is 1.33. The summed E-state index contributed by atoms with van der Waals surface area (Å²) in [5.41, 5.74) is 1.32. The second-order valence-electron chi connectivity index (χ2n) is 3.85. The number of benzene rings is 1. The van der Waals surface area contributed by atoms with Gasteiger partial charge in [0.15, 0.2) is 0 Å². The van der Waals surface area contributed by atoms with E-state index < -0.39 is 6.10 Å². The van der Waals surface area contributed by atoms with Crippen molar-refractivity contribution in [2.45, 2.75) is 30.0 Å². The summed E-state index contributed by atoms with van der Waals surface area (Å²) in [6.07, 6.45) is -0.597. The minimum atomic E-state index is -0.597. The number of aryl methyl sites for hydroxylation is 1. The minimum Gasteiger partial charge on any atom is -0.389 e. The molecule has 0 saturated carbocycles. The fourth-order valence-corrected chi connectivity index (χ4v) is 2.52. The van der Waals surface area contributed by atoms with E-state index in [9.17, 15) is 5.11 Å². The van der Waals surface area contributed by atoms with Gasteiger partial charge >= 0.3 is 0 Å². The number of nitrogens with one attached hydrogen (secondary N) is 1. The first-order valence-electron chi connectivity index (χ1n) is 5.39. The summed E-state index contributed by atoms with van der Waals surface area (Å²) in [5, 5.41) is 26.0. The van der Waals surface area contributed by atoms with Gasteiger partial charge in [0.05, 0.1) is 17.7 Å². The number of aliphatic hydroxyl groups is 1. The Morgan fingerprint density at radius 1 is 1.50 bits per heavy atom. The molecule has 0 saturated heterocycles. The molecule has 0 aliphatic heterocycles. The van der Waals surface area contributed by atoms with Crippen LogP contribution in [-0.2, 0) is 0 Å². The molecule has 0 aliphatic rings. The molecule has 1 aromatic heterocycles. The highest BCUT2D eigenvalue weighted by atomic mass is 32.2. The largest absolute Gasteiger partial charge is 0.389 e. The molecule has 2 rings (SSSR count). The van der Waals surface area contributed by atoms with Crippen molar-refractivity contribution in [1.29, 1.82) is 5.26 Å². The number of rotatable bonds is 3. The molecule has 92 valence electrons. The molecule has 0 fully saturated rings. The maximum absolute atomic E-state index is 9.71. The van der Waals surface area contributed by atoms with Crippen LogP contribution in [0.1, 0.15) is 30.0 Å². The van der Waals surface area contributed by atoms with Crippen molar-refractivity contribution in [2.24, 2.45) is 0 Å². The quantitative estimate of drug-likeness (QED) is 0.883. The molecule has 0 spiro atoms. The molecule has 5 nitrogen and oxygen atoms in total. The van der Waals surface area contributed by atoms with Gasteiger partial charge in [-0.3, -0.25) is 5.10 Å². The van der Waals surface area contributed by atoms with Crippen LogP contribution in [0.5, 0.6) is 0 Å². The molecule has 1 heterocycles. The summed E-state index contributed by atoms with van der Waals surface area (Å²) in [5.74, 6) is 0.729. The number of nitrogens with zero attached hydrogens (tertiary/aromatic N) is 3. The number of hydrogen-bond acceptors (Lipinski definition) is 5. The number of aromatic amines is 1. The zero-order chi connectivity index (χ0) is 13.1. The first-order valence-corrected chi connectivity index (χ1v) is 6.21. The van der Waals surface area contributed by atoms with E-state index in [1.165, 1.54) is 11.8 Å². The van der Waals surface area contributed by atoms with E-state index in [1.807, 2.05) is 6.92 Å². The zero-order valence-corrected chi connectivity index (χ0v) is 10.8. The van der Waals surface area contributed by atoms with Crippen molar-refractivity contribution in [3.05, 3.63) is 35.2 Å². The molecule has 0 radical (unpaired) electrons. The molecule has 0 bridgehead atoms. The smallest absolute Gasteiger partial charge is 0.213 e. The van der Waals surface area contributed by atoms with Crippen molar-refractivity contribution >= 4 is 11.8 Å². The van der Waals surface area contributed by atoms with Crippen molar-refractivity contribution in [3.63, 3.8) is 0 Å². The van der Waals surface area contributed by atoms with Gasteiger partial charge in [0.25, 0.3) is 0 Å². The normalized spacial score (nSPS) is 12.1. The second kappa shape index (κ2) is 5.21. The van der Waals surface area contributed by atoms with Gasteiger partial charge in [-0.1, -0.05) is 6.07 Å². The first-order chi connectivity index (χ1) is 8.60. The number of hydrogen-bond donors (Lipinski definition) is 2. The van der Waals surface area contributed by atoms with Crippen molar-refractivity contribution in [2.75, 3.05) is 0 Å². The average Bonchev–Trinajstić information content (AvgIpc) is 2.74. The molecule has 0 aliphatic carbocycles. The molecular weight excluding hydrogens is 248 g/mol. The Labute approximate surface area is 109 Å². The van der Waals surface area contributed by atoms with Crippen LogP contribution in [0.4, 0.5) is 0 Å². The number of nitriles is 1. The van der Waals surface area contributed by atoms with Crippen molar-refractivity contribution in [1.82, 2.24) is 15.2 Å². The lowest BCUT2D eigenvalue weighted by Gasteiger charge is -2.10. The van der Waals surface area contributed by atoms with E-state index in [4.69, 9.17) is 5.26 Å². The zero-order valence-electron chi connectivity index (χ0n) is 10.0. The molecule has 18 heavy (non-hydrogen) atoms. The van der Waals surface area contributed by atoms with E-state index in [0.29, 0.717) is 10.7 Å². The van der Waals surface area contributed by atoms with E-state index in [0.717, 1.165) is 16.3 Å². The monoisotopic (exact) mass is 260 g/mol. The van der Waals surface area contributed by atoms with Crippen LogP contribution in [0.3, 0.4) is 0 Å². The van der Waals surface area contributed by atoms with Gasteiger partial charge in [0.1, 0.15) is 5.82 Å². The molecule has 2 N–H and O–H groups in total. The Morgan fingerprint density at radius 2 is 2.28 bits per heavy atom. The first kappa shape index (κ1) is 12.6. The predicted octanol–water partition coefficient (Wildman–Crippen LogP) is 2.19. The summed E-state index contributed by atoms with van der Waals surface area (Å²) in [4.78, 5) is 4.99. The van der Waals surface area contributed by atoms with Gasteiger partial charge in [-0.25, -0.2) is 4.98 Å². The van der Waals surface area contributed by atoms with Crippen LogP contribution < -0.4 is 0 Å². The number of H-pyrrole nitrogens is 1. The van der Waals surface area contributed by atoms with E-state index in [1.54, 1.807) is 25.1 Å². The maximum Gasteiger partial charge on any atom is 0.213 e. The molecule has 2 aromatic rings. The lowest BCUT2D eigenvalue weighted by molar-refractivity contribution is 0.196. The van der Waals surface area contributed by atoms with Gasteiger partial charge < -0.3 is 5.11 Å². The third-order valence-corrected chi connectivity index (χ3v) is 3.31. The Kier molecular flexibility index (Phi) is 3.65. The molecule has 1 aromatic carbocycles. The van der Waals surface area contributed by atoms with Gasteiger partial charge in [-0.2, -0.15) is 5.26 Å². The standard InChI is InChI=1S/C12H12N4OS/c1-7(17)10-4-3-9(6-13)5-11(10)18-12-14-8(2)15-16-12/h3-5,7,17H,1-2H3,(H,14,15,16)/t7-/m1/s1. The summed E-state index contributed by atoms with van der Waals surface area (Å²) in [7, 11) is 0. The van der Waals surface area contributed by atoms with Crippen LogP contribution in [0.2, 0.25) is 0 Å². The Balaban J connectivity index is 2.38. The number of aliphatic hydroxyl groups excluding tert-OH is 1. The molecule has 1 atom stereocenters. The minimum absolute atomic E-state index is 0.550. The Hall–Kier alpha value is -1.84. The molecular formula is C12H12N4OS. The van der Waals surface area contributed by atoms with Crippen LogP contribution in [0, 0.1) is 18.3 Å². The lowest BCUT2D eigenvalue weighted by Crippen LogP contribution is -1.95. The van der Waals surface area contributed by atoms with Gasteiger partial charge in [-0.15, -0.1) is 5.10 Å². The van der Waals surface area contributed by atoms with Gasteiger partial charge in [-0.05, 0) is 43.3 Å². The summed E-state index contributed by atoms with van der Waals surface area (Å²) < 4.78 is 0. The highest BCUT2D eigenvalue weighted by Gasteiger charge is 2.12. The summed E-state index contributed by atoms with van der Waals surface area (Å²) in [6.45, 7) is 3.51. The third kappa shape index (κ3) is 2.70. The lowest BCUT2D eigenvalue weighted by atomic mass is 10.1. The van der Waals surface area contributed by atoms with Gasteiger partial charge in [0, 0.05) is 4.90 Å². The van der Waals surface area contributed by atoms with E-state index in [-0.39, 0.29) is 0 Å². The topological polar surface area (TPSA) is 85.6 Å². The van der Waals surface area contributed by atoms with Crippen LogP contribution >= 0.6 is 11.8 Å². The SMILES string of the molecule is Cc1nc(Sc2cc(C#N)ccc2[C@@H](C)O)n[nH]1. The fourth-order valence-electron chi connectivity index (χ4n) is 1.50. The third-order valence-electron chi connectivity index (χ3n) is 2.37. The van der Waals surface area contributed by atoms with E-state index in [2.05, 4.69) is 21.3 Å². The fraction of sp³-hybridized carbons (Fsp3) is 0.250. The van der Waals surface area contributed by atoms with Crippen molar-refractivity contribution < 1.29 is 5.11 Å². The Bertz CT molecular complexity index is 600. The average molecular weight is 260 g/mol.